The van der Waals surface area contributed by atoms with E-state index in [0.717, 1.165) is 42.4 Å². The predicted molar refractivity (Wildman–Crippen MR) is 113 cm³/mol. The van der Waals surface area contributed by atoms with E-state index in [0.29, 0.717) is 11.5 Å². The number of aromatic nitrogens is 3. The Labute approximate surface area is 164 Å². The number of carbonyl (C=O) groups excluding carboxylic acids is 1. The molecule has 146 valence electrons. The fourth-order valence-electron chi connectivity index (χ4n) is 2.78. The van der Waals surface area contributed by atoms with Crippen molar-refractivity contribution in [3.8, 4) is 0 Å². The zero-order chi connectivity index (χ0) is 19.8. The maximum Gasteiger partial charge on any atom is 0.326 e. The molecule has 0 saturated heterocycles. The van der Waals surface area contributed by atoms with Gasteiger partial charge in [-0.1, -0.05) is 6.07 Å². The van der Waals surface area contributed by atoms with Gasteiger partial charge < -0.3 is 16.0 Å². The van der Waals surface area contributed by atoms with Crippen LogP contribution in [0.25, 0.3) is 10.8 Å². The fraction of sp³-hybridized carbons (Fsp3) is 0.300. The number of benzene rings is 1. The average molecular weight is 379 g/mol. The fourth-order valence-corrected chi connectivity index (χ4v) is 2.78. The number of nitrogens with one attached hydrogen (secondary N) is 4. The molecule has 0 aliphatic rings. The van der Waals surface area contributed by atoms with Crippen molar-refractivity contribution in [3.05, 3.63) is 48.4 Å². The quantitative estimate of drug-likeness (QED) is 0.447. The Hall–Kier alpha value is -3.26. The molecule has 0 saturated carbocycles. The molecule has 2 heterocycles. The highest BCUT2D eigenvalue weighted by Crippen LogP contribution is 2.18. The first-order valence-electron chi connectivity index (χ1n) is 9.30. The Morgan fingerprint density at radius 2 is 1.86 bits per heavy atom. The van der Waals surface area contributed by atoms with Crippen molar-refractivity contribution in [2.45, 2.75) is 19.8 Å². The van der Waals surface area contributed by atoms with Gasteiger partial charge in [0.05, 0.1) is 0 Å². The molecule has 2 aromatic heterocycles. The monoisotopic (exact) mass is 379 g/mol. The first kappa shape index (κ1) is 19.5. The lowest BCUT2D eigenvalue weighted by molar-refractivity contribution is 0.262. The minimum Gasteiger partial charge on any atom is -0.370 e. The molecule has 0 bridgehead atoms. The van der Waals surface area contributed by atoms with Crippen LogP contribution in [-0.2, 0) is 0 Å². The number of urea groups is 1. The largest absolute Gasteiger partial charge is 0.370 e. The SMILES string of the molecule is CNCCCCNc1cc(C)nc(NC(=O)Nc2ccc3cnccc3c2)n1. The van der Waals surface area contributed by atoms with Crippen LogP contribution < -0.4 is 21.3 Å². The van der Waals surface area contributed by atoms with Crippen LogP contribution in [0, 0.1) is 6.92 Å². The van der Waals surface area contributed by atoms with Crippen molar-refractivity contribution < 1.29 is 4.79 Å². The zero-order valence-electron chi connectivity index (χ0n) is 16.1. The molecule has 0 aliphatic heterocycles. The van der Waals surface area contributed by atoms with E-state index < -0.39 is 0 Å². The Bertz CT molecular complexity index is 945. The molecule has 4 N–H and O–H groups in total. The summed E-state index contributed by atoms with van der Waals surface area (Å²) in [5.74, 6) is 0.964. The summed E-state index contributed by atoms with van der Waals surface area (Å²) >= 11 is 0. The van der Waals surface area contributed by atoms with Gasteiger partial charge in [-0.25, -0.2) is 9.78 Å². The molecule has 2 amide bonds. The van der Waals surface area contributed by atoms with E-state index in [1.54, 1.807) is 12.4 Å². The van der Waals surface area contributed by atoms with Gasteiger partial charge in [0.2, 0.25) is 5.95 Å². The lowest BCUT2D eigenvalue weighted by Gasteiger charge is -2.10. The Morgan fingerprint density at radius 3 is 2.71 bits per heavy atom. The molecule has 0 fully saturated rings. The highest BCUT2D eigenvalue weighted by atomic mass is 16.2. The van der Waals surface area contributed by atoms with Crippen LogP contribution in [0.15, 0.2) is 42.7 Å². The van der Waals surface area contributed by atoms with Crippen LogP contribution in [0.4, 0.5) is 22.2 Å². The smallest absolute Gasteiger partial charge is 0.326 e. The minimum absolute atomic E-state index is 0.264. The second-order valence-corrected chi connectivity index (χ2v) is 6.47. The van der Waals surface area contributed by atoms with Gasteiger partial charge in [0.25, 0.3) is 0 Å². The Balaban J connectivity index is 1.59. The summed E-state index contributed by atoms with van der Waals surface area (Å²) in [6, 6.07) is 9.01. The molecule has 8 nitrogen and oxygen atoms in total. The van der Waals surface area contributed by atoms with Crippen molar-refractivity contribution in [1.82, 2.24) is 20.3 Å². The third-order valence-corrected chi connectivity index (χ3v) is 4.14. The summed E-state index contributed by atoms with van der Waals surface area (Å²) in [7, 11) is 1.94. The number of carbonyl (C=O) groups is 1. The molecule has 3 rings (SSSR count). The molecule has 8 heteroatoms. The van der Waals surface area contributed by atoms with Crippen LogP contribution >= 0.6 is 0 Å². The summed E-state index contributed by atoms with van der Waals surface area (Å²) in [6.07, 6.45) is 5.63. The number of anilines is 3. The summed E-state index contributed by atoms with van der Waals surface area (Å²) in [6.45, 7) is 3.67. The molecule has 0 unspecified atom stereocenters. The number of hydrogen-bond acceptors (Lipinski definition) is 6. The van der Waals surface area contributed by atoms with Crippen molar-refractivity contribution in [2.75, 3.05) is 36.1 Å². The number of pyridine rings is 1. The van der Waals surface area contributed by atoms with Crippen LogP contribution in [0.2, 0.25) is 0 Å². The topological polar surface area (TPSA) is 104 Å². The molecule has 28 heavy (non-hydrogen) atoms. The number of aryl methyl sites for hydroxylation is 1. The molecular formula is C20H25N7O. The van der Waals surface area contributed by atoms with Gasteiger partial charge in [-0.05, 0) is 56.9 Å². The zero-order valence-corrected chi connectivity index (χ0v) is 16.1. The van der Waals surface area contributed by atoms with Crippen LogP contribution in [0.5, 0.6) is 0 Å². The highest BCUT2D eigenvalue weighted by Gasteiger charge is 2.08. The molecule has 0 aliphatic carbocycles. The van der Waals surface area contributed by atoms with E-state index in [2.05, 4.69) is 36.2 Å². The van der Waals surface area contributed by atoms with E-state index >= 15 is 0 Å². The van der Waals surface area contributed by atoms with E-state index in [1.165, 1.54) is 0 Å². The number of amides is 2. The normalized spacial score (nSPS) is 10.6. The number of rotatable bonds is 8. The lowest BCUT2D eigenvalue weighted by atomic mass is 10.1. The first-order chi connectivity index (χ1) is 13.6. The summed E-state index contributed by atoms with van der Waals surface area (Å²) < 4.78 is 0. The van der Waals surface area contributed by atoms with Gasteiger partial charge in [0.15, 0.2) is 0 Å². The van der Waals surface area contributed by atoms with Crippen LogP contribution in [-0.4, -0.2) is 41.1 Å². The van der Waals surface area contributed by atoms with Crippen LogP contribution in [0.3, 0.4) is 0 Å². The van der Waals surface area contributed by atoms with Crippen molar-refractivity contribution >= 4 is 34.3 Å². The minimum atomic E-state index is -0.390. The van der Waals surface area contributed by atoms with Gasteiger partial charge >= 0.3 is 6.03 Å². The van der Waals surface area contributed by atoms with Crippen molar-refractivity contribution in [3.63, 3.8) is 0 Å². The number of unbranched alkanes of at least 4 members (excludes halogenated alkanes) is 1. The third kappa shape index (κ3) is 5.62. The van der Waals surface area contributed by atoms with E-state index in [9.17, 15) is 4.79 Å². The standard InChI is InChI=1S/C20H25N7O/c1-14-11-18(23-9-4-3-8-21-2)26-19(24-14)27-20(28)25-17-6-5-16-13-22-10-7-15(16)12-17/h5-7,10-13,21H,3-4,8-9H2,1-2H3,(H3,23,24,25,26,27,28). The van der Waals surface area contributed by atoms with E-state index in [1.807, 2.05) is 44.3 Å². The van der Waals surface area contributed by atoms with Gasteiger partial charge in [0.1, 0.15) is 5.82 Å². The molecule has 1 aromatic carbocycles. The molecular weight excluding hydrogens is 354 g/mol. The number of hydrogen-bond donors (Lipinski definition) is 4. The first-order valence-corrected chi connectivity index (χ1v) is 9.30. The molecule has 0 atom stereocenters. The predicted octanol–water partition coefficient (Wildman–Crippen LogP) is 3.39. The van der Waals surface area contributed by atoms with Crippen molar-refractivity contribution in [1.29, 1.82) is 0 Å². The van der Waals surface area contributed by atoms with Crippen molar-refractivity contribution in [2.24, 2.45) is 0 Å². The summed E-state index contributed by atoms with van der Waals surface area (Å²) in [5.41, 5.74) is 1.47. The van der Waals surface area contributed by atoms with E-state index in [-0.39, 0.29) is 12.0 Å². The molecule has 0 radical (unpaired) electrons. The highest BCUT2D eigenvalue weighted by molar-refractivity contribution is 6.00. The molecule has 3 aromatic rings. The van der Waals surface area contributed by atoms with E-state index in [4.69, 9.17) is 0 Å². The number of fused-ring (bicyclic) bond motifs is 1. The van der Waals surface area contributed by atoms with Gasteiger partial charge in [-0.15, -0.1) is 0 Å². The van der Waals surface area contributed by atoms with Gasteiger partial charge in [-0.3, -0.25) is 10.3 Å². The second-order valence-electron chi connectivity index (χ2n) is 6.47. The molecule has 0 spiro atoms. The average Bonchev–Trinajstić information content (AvgIpc) is 2.67. The maximum atomic E-state index is 12.3. The van der Waals surface area contributed by atoms with Crippen LogP contribution in [0.1, 0.15) is 18.5 Å². The number of nitrogens with zero attached hydrogens (tertiary/aromatic N) is 3. The van der Waals surface area contributed by atoms with Gasteiger partial charge in [0, 0.05) is 41.8 Å². The van der Waals surface area contributed by atoms with Gasteiger partial charge in [-0.2, -0.15) is 4.98 Å². The summed E-state index contributed by atoms with van der Waals surface area (Å²) in [4.78, 5) is 25.1. The second kappa shape index (κ2) is 9.61. The summed E-state index contributed by atoms with van der Waals surface area (Å²) in [5, 5.41) is 13.9. The Morgan fingerprint density at radius 1 is 1.00 bits per heavy atom. The maximum absolute atomic E-state index is 12.3. The third-order valence-electron chi connectivity index (χ3n) is 4.14. The Kier molecular flexibility index (Phi) is 6.69. The lowest BCUT2D eigenvalue weighted by Crippen LogP contribution is -2.21.